The van der Waals surface area contributed by atoms with Crippen molar-refractivity contribution < 1.29 is 14.3 Å². The quantitative estimate of drug-likeness (QED) is 0.330. The van der Waals surface area contributed by atoms with Crippen LogP contribution in [-0.2, 0) is 0 Å². The van der Waals surface area contributed by atoms with E-state index in [1.54, 1.807) is 18.2 Å². The monoisotopic (exact) mass is 221 g/mol. The second kappa shape index (κ2) is 5.63. The summed E-state index contributed by atoms with van der Waals surface area (Å²) in [4.78, 5) is 14.1. The fourth-order valence-electron chi connectivity index (χ4n) is 1.21. The highest BCUT2D eigenvalue weighted by molar-refractivity contribution is 6.00. The maximum Gasteiger partial charge on any atom is 0.172 e. The number of carbonyl (C=O) groups excluding carboxylic acids is 1. The highest BCUT2D eigenvalue weighted by Gasteiger charge is 2.12. The van der Waals surface area contributed by atoms with Crippen molar-refractivity contribution >= 4 is 5.78 Å². The number of ether oxygens (including phenoxy) is 2. The van der Waals surface area contributed by atoms with Gasteiger partial charge in [-0.25, -0.2) is 0 Å². The lowest BCUT2D eigenvalue weighted by molar-refractivity contribution is 0.0998. The van der Waals surface area contributed by atoms with Gasteiger partial charge in [-0.2, -0.15) is 0 Å². The molecule has 0 aliphatic carbocycles. The Bertz CT molecular complexity index is 439. The zero-order valence-corrected chi connectivity index (χ0v) is 9.01. The van der Waals surface area contributed by atoms with E-state index in [-0.39, 0.29) is 12.3 Å². The Kier molecular flexibility index (Phi) is 4.17. The number of azide groups is 1. The number of ketones is 1. The van der Waals surface area contributed by atoms with Crippen LogP contribution in [0.3, 0.4) is 0 Å². The molecule has 6 heteroatoms. The van der Waals surface area contributed by atoms with Gasteiger partial charge in [0, 0.05) is 11.0 Å². The van der Waals surface area contributed by atoms with Gasteiger partial charge < -0.3 is 9.47 Å². The summed E-state index contributed by atoms with van der Waals surface area (Å²) in [5, 5.41) is 3.21. The lowest BCUT2D eigenvalue weighted by Gasteiger charge is -2.08. The summed E-state index contributed by atoms with van der Waals surface area (Å²) in [6.07, 6.45) is 0. The topological polar surface area (TPSA) is 84.3 Å². The van der Waals surface area contributed by atoms with Gasteiger partial charge in [-0.15, -0.1) is 0 Å². The van der Waals surface area contributed by atoms with Gasteiger partial charge >= 0.3 is 0 Å². The molecule has 16 heavy (non-hydrogen) atoms. The van der Waals surface area contributed by atoms with Crippen LogP contribution in [0.4, 0.5) is 0 Å². The van der Waals surface area contributed by atoms with Crippen molar-refractivity contribution in [1.29, 1.82) is 0 Å². The molecule has 0 aliphatic rings. The van der Waals surface area contributed by atoms with E-state index < -0.39 is 0 Å². The third-order valence-corrected chi connectivity index (χ3v) is 1.99. The standard InChI is InChI=1S/C10H11N3O3/c1-15-7-3-4-8(10(5-7)16-2)9(14)6-12-13-11/h3-5H,6H2,1-2H3. The number of methoxy groups -OCH3 is 2. The first-order valence-electron chi connectivity index (χ1n) is 4.49. The molecule has 0 saturated carbocycles. The highest BCUT2D eigenvalue weighted by Crippen LogP contribution is 2.24. The Morgan fingerprint density at radius 3 is 2.75 bits per heavy atom. The van der Waals surface area contributed by atoms with Crippen molar-refractivity contribution in [3.05, 3.63) is 34.2 Å². The van der Waals surface area contributed by atoms with Gasteiger partial charge in [0.1, 0.15) is 11.5 Å². The van der Waals surface area contributed by atoms with Gasteiger partial charge in [0.25, 0.3) is 0 Å². The summed E-state index contributed by atoms with van der Waals surface area (Å²) in [5.74, 6) is 0.701. The molecule has 1 rings (SSSR count). The lowest BCUT2D eigenvalue weighted by atomic mass is 10.1. The molecule has 0 atom stereocenters. The Hall–Kier alpha value is -2.20. The zero-order chi connectivity index (χ0) is 12.0. The van der Waals surface area contributed by atoms with Crippen molar-refractivity contribution in [3.8, 4) is 11.5 Å². The minimum Gasteiger partial charge on any atom is -0.497 e. The lowest BCUT2D eigenvalue weighted by Crippen LogP contribution is -2.05. The Labute approximate surface area is 92.4 Å². The second-order valence-electron chi connectivity index (χ2n) is 2.88. The average molecular weight is 221 g/mol. The molecule has 0 amide bonds. The summed E-state index contributed by atoms with van der Waals surface area (Å²) in [7, 11) is 2.98. The molecule has 0 aromatic heterocycles. The molecule has 0 fully saturated rings. The van der Waals surface area contributed by atoms with Crippen molar-refractivity contribution in [3.63, 3.8) is 0 Å². The number of Topliss-reactive ketones (excluding diaryl/α,β-unsaturated/α-hetero) is 1. The van der Waals surface area contributed by atoms with Gasteiger partial charge in [-0.3, -0.25) is 4.79 Å². The predicted molar refractivity (Wildman–Crippen MR) is 57.9 cm³/mol. The zero-order valence-electron chi connectivity index (χ0n) is 9.01. The molecule has 84 valence electrons. The SMILES string of the molecule is COc1ccc(C(=O)CN=[N+]=[N-])c(OC)c1. The molecule has 6 nitrogen and oxygen atoms in total. The van der Waals surface area contributed by atoms with Crippen LogP contribution in [0.25, 0.3) is 10.4 Å². The summed E-state index contributed by atoms with van der Waals surface area (Å²) in [5.41, 5.74) is 8.50. The molecule has 0 N–H and O–H groups in total. The van der Waals surface area contributed by atoms with Crippen molar-refractivity contribution in [2.75, 3.05) is 20.8 Å². The molecule has 0 bridgehead atoms. The van der Waals surface area contributed by atoms with Crippen LogP contribution < -0.4 is 9.47 Å². The minimum atomic E-state index is -0.294. The predicted octanol–water partition coefficient (Wildman–Crippen LogP) is 2.20. The smallest absolute Gasteiger partial charge is 0.172 e. The first-order chi connectivity index (χ1) is 7.72. The fourth-order valence-corrected chi connectivity index (χ4v) is 1.21. The van der Waals surface area contributed by atoms with Gasteiger partial charge in [-0.05, 0) is 17.7 Å². The maximum atomic E-state index is 11.6. The van der Waals surface area contributed by atoms with Crippen LogP contribution >= 0.6 is 0 Å². The first kappa shape index (κ1) is 11.9. The largest absolute Gasteiger partial charge is 0.497 e. The fraction of sp³-hybridized carbons (Fsp3) is 0.300. The van der Waals surface area contributed by atoms with Crippen molar-refractivity contribution in [2.24, 2.45) is 5.11 Å². The third kappa shape index (κ3) is 2.65. The molecule has 0 aliphatic heterocycles. The van der Waals surface area contributed by atoms with Crippen LogP contribution in [-0.4, -0.2) is 26.5 Å². The summed E-state index contributed by atoms with van der Waals surface area (Å²) >= 11 is 0. The Balaban J connectivity index is 3.03. The molecular formula is C10H11N3O3. The molecular weight excluding hydrogens is 210 g/mol. The Morgan fingerprint density at radius 2 is 2.19 bits per heavy atom. The number of rotatable bonds is 5. The average Bonchev–Trinajstić information content (AvgIpc) is 2.34. The second-order valence-corrected chi connectivity index (χ2v) is 2.88. The van der Waals surface area contributed by atoms with Crippen molar-refractivity contribution in [2.45, 2.75) is 0 Å². The van der Waals surface area contributed by atoms with E-state index in [2.05, 4.69) is 10.0 Å². The van der Waals surface area contributed by atoms with E-state index in [0.717, 1.165) is 0 Å². The first-order valence-corrected chi connectivity index (χ1v) is 4.49. The highest BCUT2D eigenvalue weighted by atomic mass is 16.5. The number of benzene rings is 1. The van der Waals surface area contributed by atoms with E-state index >= 15 is 0 Å². The van der Waals surface area contributed by atoms with E-state index in [9.17, 15) is 4.79 Å². The van der Waals surface area contributed by atoms with Crippen LogP contribution in [0, 0.1) is 0 Å². The van der Waals surface area contributed by atoms with E-state index in [4.69, 9.17) is 15.0 Å². The Morgan fingerprint density at radius 1 is 1.44 bits per heavy atom. The molecule has 0 unspecified atom stereocenters. The molecule has 0 saturated heterocycles. The van der Waals surface area contributed by atoms with Gasteiger partial charge in [0.2, 0.25) is 0 Å². The van der Waals surface area contributed by atoms with Crippen molar-refractivity contribution in [1.82, 2.24) is 0 Å². The van der Waals surface area contributed by atoms with E-state index in [0.29, 0.717) is 17.1 Å². The van der Waals surface area contributed by atoms with E-state index in [1.807, 2.05) is 0 Å². The number of hydrogen-bond acceptors (Lipinski definition) is 4. The summed E-state index contributed by atoms with van der Waals surface area (Å²) in [6.45, 7) is -0.223. The van der Waals surface area contributed by atoms with Crippen LogP contribution in [0.1, 0.15) is 10.4 Å². The van der Waals surface area contributed by atoms with Crippen LogP contribution in [0.5, 0.6) is 11.5 Å². The molecule has 0 heterocycles. The van der Waals surface area contributed by atoms with Gasteiger partial charge in [0.05, 0.1) is 26.3 Å². The van der Waals surface area contributed by atoms with Crippen LogP contribution in [0.2, 0.25) is 0 Å². The number of hydrogen-bond donors (Lipinski definition) is 0. The number of nitrogens with zero attached hydrogens (tertiary/aromatic N) is 3. The molecule has 0 radical (unpaired) electrons. The molecule has 1 aromatic rings. The van der Waals surface area contributed by atoms with E-state index in [1.165, 1.54) is 14.2 Å². The van der Waals surface area contributed by atoms with Crippen LogP contribution in [0.15, 0.2) is 23.3 Å². The number of carbonyl (C=O) groups is 1. The summed E-state index contributed by atoms with van der Waals surface area (Å²) in [6, 6.07) is 4.82. The third-order valence-electron chi connectivity index (χ3n) is 1.99. The normalized spacial score (nSPS) is 9.12. The van der Waals surface area contributed by atoms with Gasteiger partial charge in [-0.1, -0.05) is 5.11 Å². The molecule has 0 spiro atoms. The minimum absolute atomic E-state index is 0.223. The van der Waals surface area contributed by atoms with Gasteiger partial charge in [0.15, 0.2) is 5.78 Å². The molecule has 1 aromatic carbocycles. The summed E-state index contributed by atoms with van der Waals surface area (Å²) < 4.78 is 10.1. The maximum absolute atomic E-state index is 11.6.